The summed E-state index contributed by atoms with van der Waals surface area (Å²) in [5.74, 6) is 1.82. The first-order valence-electron chi connectivity index (χ1n) is 5.22. The molecule has 2 heteroatoms. The molecule has 68 valence electrons. The van der Waals surface area contributed by atoms with Gasteiger partial charge in [0.2, 0.25) is 0 Å². The SMILES string of the molecule is CC12CC3CC(CC(C3)[NH+]1[O-])C2. The van der Waals surface area contributed by atoms with Crippen molar-refractivity contribution in [2.45, 2.75) is 50.6 Å². The molecule has 0 amide bonds. The molecule has 0 aromatic heterocycles. The van der Waals surface area contributed by atoms with Gasteiger partial charge in [0.1, 0.15) is 0 Å². The number of piperidine rings is 2. The molecule has 3 atom stereocenters. The molecule has 4 rings (SSSR count). The molecule has 0 spiro atoms. The molecule has 2 heterocycles. The quantitative estimate of drug-likeness (QED) is 0.529. The number of hydrogen-bond donors (Lipinski definition) is 1. The number of nitrogens with one attached hydrogen (secondary N) is 1. The van der Waals surface area contributed by atoms with E-state index in [-0.39, 0.29) is 5.54 Å². The summed E-state index contributed by atoms with van der Waals surface area (Å²) in [6.07, 6.45) is 6.30. The molecule has 1 N–H and O–H groups in total. The first-order valence-corrected chi connectivity index (χ1v) is 5.22. The fraction of sp³-hybridized carbons (Fsp3) is 1.00. The van der Waals surface area contributed by atoms with Gasteiger partial charge >= 0.3 is 0 Å². The van der Waals surface area contributed by atoms with Crippen LogP contribution < -0.4 is 5.06 Å². The van der Waals surface area contributed by atoms with Gasteiger partial charge < -0.3 is 10.3 Å². The Morgan fingerprint density at radius 2 is 1.75 bits per heavy atom. The second-order valence-electron chi connectivity index (χ2n) is 5.47. The summed E-state index contributed by atoms with van der Waals surface area (Å²) in [6, 6.07) is 0.473. The van der Waals surface area contributed by atoms with Gasteiger partial charge in [-0.15, -0.1) is 0 Å². The summed E-state index contributed by atoms with van der Waals surface area (Å²) in [6.45, 7) is 2.21. The third-order valence-corrected chi connectivity index (χ3v) is 4.35. The Morgan fingerprint density at radius 1 is 1.17 bits per heavy atom. The number of quaternary nitrogens is 1. The Hall–Kier alpha value is -0.0800. The second kappa shape index (κ2) is 2.05. The average molecular weight is 167 g/mol. The molecular formula is C10H17NO. The molecule has 4 bridgehead atoms. The highest BCUT2D eigenvalue weighted by molar-refractivity contribution is 4.97. The molecule has 2 saturated heterocycles. The lowest BCUT2D eigenvalue weighted by atomic mass is 9.59. The van der Waals surface area contributed by atoms with Crippen LogP contribution in [0.1, 0.15) is 39.0 Å². The molecule has 4 fully saturated rings. The van der Waals surface area contributed by atoms with Gasteiger partial charge in [0.15, 0.2) is 0 Å². The first-order chi connectivity index (χ1) is 5.67. The summed E-state index contributed by atoms with van der Waals surface area (Å²) < 4.78 is 0. The van der Waals surface area contributed by atoms with Gasteiger partial charge in [0.25, 0.3) is 0 Å². The molecule has 0 radical (unpaired) electrons. The third kappa shape index (κ3) is 0.775. The summed E-state index contributed by atoms with van der Waals surface area (Å²) in [5.41, 5.74) is 0.120. The zero-order chi connectivity index (χ0) is 8.34. The molecule has 2 aliphatic heterocycles. The van der Waals surface area contributed by atoms with E-state index in [0.717, 1.165) is 11.8 Å². The van der Waals surface area contributed by atoms with Crippen LogP contribution in [-0.2, 0) is 0 Å². The van der Waals surface area contributed by atoms with E-state index in [1.54, 1.807) is 0 Å². The maximum absolute atomic E-state index is 11.9. The van der Waals surface area contributed by atoms with E-state index in [9.17, 15) is 5.21 Å². The Bertz CT molecular complexity index is 202. The van der Waals surface area contributed by atoms with Crippen molar-refractivity contribution in [3.8, 4) is 0 Å². The van der Waals surface area contributed by atoms with Gasteiger partial charge in [-0.25, -0.2) is 0 Å². The highest BCUT2D eigenvalue weighted by atomic mass is 16.5. The molecule has 0 aromatic rings. The predicted molar refractivity (Wildman–Crippen MR) is 46.6 cm³/mol. The monoisotopic (exact) mass is 167 g/mol. The predicted octanol–water partition coefficient (Wildman–Crippen LogP) is 0.720. The van der Waals surface area contributed by atoms with Crippen LogP contribution in [0, 0.1) is 17.0 Å². The normalized spacial score (nSPS) is 62.5. The second-order valence-corrected chi connectivity index (χ2v) is 5.47. The summed E-state index contributed by atoms with van der Waals surface area (Å²) in [4.78, 5) is 0. The highest BCUT2D eigenvalue weighted by Gasteiger charge is 2.53. The van der Waals surface area contributed by atoms with Crippen LogP contribution in [-0.4, -0.2) is 11.6 Å². The van der Waals surface area contributed by atoms with E-state index in [1.807, 2.05) is 0 Å². The van der Waals surface area contributed by atoms with Crippen molar-refractivity contribution < 1.29 is 5.06 Å². The van der Waals surface area contributed by atoms with Crippen molar-refractivity contribution >= 4 is 0 Å². The Morgan fingerprint density at radius 3 is 2.25 bits per heavy atom. The van der Waals surface area contributed by atoms with Crippen molar-refractivity contribution in [2.75, 3.05) is 0 Å². The van der Waals surface area contributed by atoms with Gasteiger partial charge in [0, 0.05) is 25.7 Å². The molecule has 0 aromatic carbocycles. The minimum atomic E-state index is 0.120. The fourth-order valence-corrected chi connectivity index (χ4v) is 4.16. The molecule has 2 saturated carbocycles. The van der Waals surface area contributed by atoms with Crippen LogP contribution >= 0.6 is 0 Å². The molecule has 12 heavy (non-hydrogen) atoms. The molecular weight excluding hydrogens is 150 g/mol. The van der Waals surface area contributed by atoms with E-state index in [4.69, 9.17) is 0 Å². The maximum atomic E-state index is 11.9. The number of hydrogen-bond acceptors (Lipinski definition) is 1. The average Bonchev–Trinajstić information content (AvgIpc) is 1.98. The number of hydroxylamine groups is 2. The van der Waals surface area contributed by atoms with Crippen LogP contribution in [0.5, 0.6) is 0 Å². The van der Waals surface area contributed by atoms with E-state index < -0.39 is 0 Å². The van der Waals surface area contributed by atoms with Gasteiger partial charge in [0.05, 0.1) is 11.6 Å². The van der Waals surface area contributed by atoms with Crippen LogP contribution in [0.25, 0.3) is 0 Å². The van der Waals surface area contributed by atoms with Crippen LogP contribution in [0.3, 0.4) is 0 Å². The first kappa shape index (κ1) is 7.34. The van der Waals surface area contributed by atoms with E-state index in [2.05, 4.69) is 6.92 Å². The van der Waals surface area contributed by atoms with Gasteiger partial charge in [-0.3, -0.25) is 0 Å². The van der Waals surface area contributed by atoms with Crippen molar-refractivity contribution in [1.82, 2.24) is 0 Å². The molecule has 2 nitrogen and oxygen atoms in total. The van der Waals surface area contributed by atoms with Gasteiger partial charge in [-0.1, -0.05) is 0 Å². The smallest absolute Gasteiger partial charge is 0.0953 e. The largest absolute Gasteiger partial charge is 0.634 e. The Labute approximate surface area is 73.5 Å². The van der Waals surface area contributed by atoms with Gasteiger partial charge in [-0.05, 0) is 25.2 Å². The minimum Gasteiger partial charge on any atom is -0.634 e. The van der Waals surface area contributed by atoms with Crippen LogP contribution in [0.2, 0.25) is 0 Å². The lowest BCUT2D eigenvalue weighted by Crippen LogP contribution is -3.22. The third-order valence-electron chi connectivity index (χ3n) is 4.35. The lowest BCUT2D eigenvalue weighted by molar-refractivity contribution is -0.946. The van der Waals surface area contributed by atoms with Crippen molar-refractivity contribution in [2.24, 2.45) is 11.8 Å². The number of rotatable bonds is 0. The Balaban J connectivity index is 1.97. The van der Waals surface area contributed by atoms with E-state index in [1.165, 1.54) is 32.1 Å². The summed E-state index contributed by atoms with van der Waals surface area (Å²) in [7, 11) is 0. The van der Waals surface area contributed by atoms with E-state index >= 15 is 0 Å². The maximum Gasteiger partial charge on any atom is 0.0953 e. The summed E-state index contributed by atoms with van der Waals surface area (Å²) >= 11 is 0. The molecule has 2 aliphatic carbocycles. The van der Waals surface area contributed by atoms with Gasteiger partial charge in [-0.2, -0.15) is 0 Å². The topological polar surface area (TPSA) is 27.5 Å². The zero-order valence-corrected chi connectivity index (χ0v) is 7.68. The minimum absolute atomic E-state index is 0.120. The van der Waals surface area contributed by atoms with Crippen LogP contribution in [0.15, 0.2) is 0 Å². The lowest BCUT2D eigenvalue weighted by Gasteiger charge is -2.61. The standard InChI is InChI=1S/C10H17NO/c1-10-5-7-2-8(6-10)4-9(3-7)11(10)12/h7-9,11H,2-6H2,1H3. The zero-order valence-electron chi connectivity index (χ0n) is 7.68. The molecule has 4 aliphatic rings. The van der Waals surface area contributed by atoms with Crippen molar-refractivity contribution in [3.05, 3.63) is 5.21 Å². The summed E-state index contributed by atoms with van der Waals surface area (Å²) in [5, 5.41) is 12.5. The highest BCUT2D eigenvalue weighted by Crippen LogP contribution is 2.46. The Kier molecular flexibility index (Phi) is 1.25. The molecule has 3 unspecified atom stereocenters. The van der Waals surface area contributed by atoms with Crippen LogP contribution in [0.4, 0.5) is 0 Å². The van der Waals surface area contributed by atoms with Crippen molar-refractivity contribution in [1.29, 1.82) is 0 Å². The van der Waals surface area contributed by atoms with Crippen molar-refractivity contribution in [3.63, 3.8) is 0 Å². The van der Waals surface area contributed by atoms with E-state index in [0.29, 0.717) is 11.1 Å². The fourth-order valence-electron chi connectivity index (χ4n) is 4.16.